The monoisotopic (exact) mass is 221 g/mol. The molecule has 13 heavy (non-hydrogen) atoms. The molecule has 0 aliphatic rings. The third-order valence-corrected chi connectivity index (χ3v) is 1.70. The maximum Gasteiger partial charge on any atom is 0.0717 e. The van der Waals surface area contributed by atoms with Crippen molar-refractivity contribution in [3.8, 4) is 0 Å². The molecule has 0 atom stereocenters. The van der Waals surface area contributed by atoms with Crippen LogP contribution in [0.4, 0.5) is 0 Å². The minimum atomic E-state index is 0. The van der Waals surface area contributed by atoms with E-state index >= 15 is 0 Å². The Balaban J connectivity index is 0.00000144. The molecule has 74 valence electrons. The predicted molar refractivity (Wildman–Crippen MR) is 57.4 cm³/mol. The van der Waals surface area contributed by atoms with Gasteiger partial charge in [0, 0.05) is 11.6 Å². The Morgan fingerprint density at radius 3 is 2.38 bits per heavy atom. The molecule has 0 unspecified atom stereocenters. The van der Waals surface area contributed by atoms with E-state index < -0.39 is 0 Å². The van der Waals surface area contributed by atoms with E-state index in [-0.39, 0.29) is 12.4 Å². The summed E-state index contributed by atoms with van der Waals surface area (Å²) in [7, 11) is 0. The fraction of sp³-hybridized carbons (Fsp3) is 0.333. The maximum absolute atomic E-state index is 5.71. The molecule has 0 radical (unpaired) electrons. The van der Waals surface area contributed by atoms with Crippen LogP contribution < -0.4 is 5.73 Å². The van der Waals surface area contributed by atoms with Crippen molar-refractivity contribution < 1.29 is 4.74 Å². The number of hydrogen-bond acceptors (Lipinski definition) is 2. The molecule has 1 aromatic carbocycles. The molecule has 4 heteroatoms. The molecule has 0 bridgehead atoms. The van der Waals surface area contributed by atoms with Crippen molar-refractivity contribution in [3.63, 3.8) is 0 Å². The summed E-state index contributed by atoms with van der Waals surface area (Å²) in [5, 5.41) is 0.748. The van der Waals surface area contributed by atoms with E-state index in [0.717, 1.165) is 10.6 Å². The Bertz CT molecular complexity index is 226. The molecule has 1 aromatic rings. The Hall–Kier alpha value is -0.280. The van der Waals surface area contributed by atoms with Crippen LogP contribution in [0.2, 0.25) is 5.02 Å². The Kier molecular flexibility index (Phi) is 7.00. The van der Waals surface area contributed by atoms with Crippen LogP contribution >= 0.6 is 24.0 Å². The van der Waals surface area contributed by atoms with Crippen molar-refractivity contribution in [2.45, 2.75) is 6.61 Å². The van der Waals surface area contributed by atoms with Crippen LogP contribution in [0.25, 0.3) is 0 Å². The largest absolute Gasteiger partial charge is 0.375 e. The minimum Gasteiger partial charge on any atom is -0.375 e. The van der Waals surface area contributed by atoms with E-state index in [4.69, 9.17) is 22.1 Å². The Morgan fingerprint density at radius 1 is 1.23 bits per heavy atom. The molecule has 0 amide bonds. The molecule has 0 spiro atoms. The van der Waals surface area contributed by atoms with Gasteiger partial charge in [0.05, 0.1) is 13.2 Å². The SMILES string of the molecule is Cl.NCCOCc1ccc(Cl)cc1. The van der Waals surface area contributed by atoms with Crippen LogP contribution in [0.15, 0.2) is 24.3 Å². The van der Waals surface area contributed by atoms with E-state index in [1.165, 1.54) is 0 Å². The molecule has 2 N–H and O–H groups in total. The molecule has 0 aliphatic heterocycles. The van der Waals surface area contributed by atoms with E-state index in [1.807, 2.05) is 24.3 Å². The molecule has 1 rings (SSSR count). The van der Waals surface area contributed by atoms with E-state index in [0.29, 0.717) is 19.8 Å². The van der Waals surface area contributed by atoms with E-state index in [2.05, 4.69) is 0 Å². The van der Waals surface area contributed by atoms with E-state index in [9.17, 15) is 0 Å². The molecule has 2 nitrogen and oxygen atoms in total. The van der Waals surface area contributed by atoms with Crippen LogP contribution in [-0.4, -0.2) is 13.2 Å². The molecular weight excluding hydrogens is 209 g/mol. The van der Waals surface area contributed by atoms with Crippen molar-refractivity contribution >= 4 is 24.0 Å². The zero-order valence-electron chi connectivity index (χ0n) is 7.20. The number of ether oxygens (including phenoxy) is 1. The lowest BCUT2D eigenvalue weighted by molar-refractivity contribution is 0.128. The number of hydrogen-bond donors (Lipinski definition) is 1. The standard InChI is InChI=1S/C9H12ClNO.ClH/c10-9-3-1-8(2-4-9)7-12-6-5-11;/h1-4H,5-7,11H2;1H. The number of nitrogens with two attached hydrogens (primary N) is 1. The van der Waals surface area contributed by atoms with Gasteiger partial charge in [0.2, 0.25) is 0 Å². The molecule has 0 fully saturated rings. The van der Waals surface area contributed by atoms with Gasteiger partial charge in [-0.25, -0.2) is 0 Å². The summed E-state index contributed by atoms with van der Waals surface area (Å²) in [5.74, 6) is 0. The fourth-order valence-electron chi connectivity index (χ4n) is 0.854. The van der Waals surface area contributed by atoms with Gasteiger partial charge in [-0.2, -0.15) is 0 Å². The summed E-state index contributed by atoms with van der Waals surface area (Å²) in [6.07, 6.45) is 0. The van der Waals surface area contributed by atoms with Gasteiger partial charge in [0.15, 0.2) is 0 Å². The van der Waals surface area contributed by atoms with Gasteiger partial charge in [0.1, 0.15) is 0 Å². The zero-order valence-corrected chi connectivity index (χ0v) is 8.77. The van der Waals surface area contributed by atoms with Gasteiger partial charge in [-0.1, -0.05) is 23.7 Å². The van der Waals surface area contributed by atoms with Crippen LogP contribution in [0.1, 0.15) is 5.56 Å². The van der Waals surface area contributed by atoms with Gasteiger partial charge in [-0.15, -0.1) is 12.4 Å². The summed E-state index contributed by atoms with van der Waals surface area (Å²) in [4.78, 5) is 0. The number of rotatable bonds is 4. The first kappa shape index (κ1) is 12.7. The summed E-state index contributed by atoms with van der Waals surface area (Å²) >= 11 is 5.71. The van der Waals surface area contributed by atoms with Gasteiger partial charge in [-0.05, 0) is 17.7 Å². The van der Waals surface area contributed by atoms with E-state index in [1.54, 1.807) is 0 Å². The first-order valence-electron chi connectivity index (χ1n) is 3.85. The van der Waals surface area contributed by atoms with Crippen molar-refractivity contribution in [3.05, 3.63) is 34.9 Å². The molecule has 0 saturated heterocycles. The van der Waals surface area contributed by atoms with Gasteiger partial charge in [0.25, 0.3) is 0 Å². The molecule has 0 aromatic heterocycles. The second-order valence-corrected chi connectivity index (χ2v) is 2.90. The third kappa shape index (κ3) is 5.11. The Morgan fingerprint density at radius 2 is 1.85 bits per heavy atom. The van der Waals surface area contributed by atoms with Gasteiger partial charge < -0.3 is 10.5 Å². The van der Waals surface area contributed by atoms with Gasteiger partial charge in [-0.3, -0.25) is 0 Å². The summed E-state index contributed by atoms with van der Waals surface area (Å²) in [6.45, 7) is 1.77. The topological polar surface area (TPSA) is 35.2 Å². The number of benzene rings is 1. The summed E-state index contributed by atoms with van der Waals surface area (Å²) in [5.41, 5.74) is 6.39. The maximum atomic E-state index is 5.71. The van der Waals surface area contributed by atoms with Crippen molar-refractivity contribution in [2.24, 2.45) is 5.73 Å². The average Bonchev–Trinajstić information content (AvgIpc) is 2.09. The molecule has 0 heterocycles. The lowest BCUT2D eigenvalue weighted by Crippen LogP contribution is -2.07. The quantitative estimate of drug-likeness (QED) is 0.793. The predicted octanol–water partition coefficient (Wildman–Crippen LogP) is 2.24. The molecular formula is C9H13Cl2NO. The number of halogens is 2. The van der Waals surface area contributed by atoms with Crippen molar-refractivity contribution in [1.29, 1.82) is 0 Å². The first-order chi connectivity index (χ1) is 5.83. The normalized spacial score (nSPS) is 9.38. The third-order valence-electron chi connectivity index (χ3n) is 1.44. The lowest BCUT2D eigenvalue weighted by Gasteiger charge is -2.01. The van der Waals surface area contributed by atoms with Crippen molar-refractivity contribution in [2.75, 3.05) is 13.2 Å². The highest BCUT2D eigenvalue weighted by atomic mass is 35.5. The smallest absolute Gasteiger partial charge is 0.0717 e. The second-order valence-electron chi connectivity index (χ2n) is 2.47. The second kappa shape index (κ2) is 7.15. The van der Waals surface area contributed by atoms with Crippen LogP contribution in [0, 0.1) is 0 Å². The summed E-state index contributed by atoms with van der Waals surface area (Å²) < 4.78 is 5.24. The highest BCUT2D eigenvalue weighted by Gasteiger charge is 1.91. The van der Waals surface area contributed by atoms with Gasteiger partial charge >= 0.3 is 0 Å². The van der Waals surface area contributed by atoms with Crippen LogP contribution in [-0.2, 0) is 11.3 Å². The summed E-state index contributed by atoms with van der Waals surface area (Å²) in [6, 6.07) is 7.59. The molecule has 0 aliphatic carbocycles. The average molecular weight is 222 g/mol. The first-order valence-corrected chi connectivity index (χ1v) is 4.23. The lowest BCUT2D eigenvalue weighted by atomic mass is 10.2. The van der Waals surface area contributed by atoms with Crippen LogP contribution in [0.3, 0.4) is 0 Å². The minimum absolute atomic E-state index is 0. The van der Waals surface area contributed by atoms with Crippen LogP contribution in [0.5, 0.6) is 0 Å². The Labute approximate surface area is 89.4 Å². The van der Waals surface area contributed by atoms with Crippen molar-refractivity contribution in [1.82, 2.24) is 0 Å². The highest BCUT2D eigenvalue weighted by molar-refractivity contribution is 6.30. The highest BCUT2D eigenvalue weighted by Crippen LogP contribution is 2.09. The zero-order chi connectivity index (χ0) is 8.81. The molecule has 0 saturated carbocycles. The fourth-order valence-corrected chi connectivity index (χ4v) is 0.980.